The number of esters is 1. The minimum absolute atomic E-state index is 0.120. The number of unbranched alkanes of at least 4 members (excludes halogenated alkanes) is 10. The molecule has 38 heavy (non-hydrogen) atoms. The highest BCUT2D eigenvalue weighted by atomic mass is 16.7. The first-order valence-corrected chi connectivity index (χ1v) is 14.8. The van der Waals surface area contributed by atoms with Gasteiger partial charge in [-0.3, -0.25) is 4.79 Å². The summed E-state index contributed by atoms with van der Waals surface area (Å²) in [6.45, 7) is 4.13. The summed E-state index contributed by atoms with van der Waals surface area (Å²) in [5.41, 5.74) is 0. The fraction of sp³-hybridized carbons (Fsp3) is 0.897. The topological polar surface area (TPSA) is 135 Å². The lowest BCUT2D eigenvalue weighted by atomic mass is 9.99. The van der Waals surface area contributed by atoms with Gasteiger partial charge in [0.1, 0.15) is 30.5 Å². The molecule has 1 aliphatic rings. The molecule has 4 N–H and O–H groups in total. The Balaban J connectivity index is 2.21. The maximum absolute atomic E-state index is 12.0. The van der Waals surface area contributed by atoms with Gasteiger partial charge in [-0.15, -0.1) is 0 Å². The molecule has 0 amide bonds. The van der Waals surface area contributed by atoms with Crippen molar-refractivity contribution >= 4 is 5.97 Å². The summed E-state index contributed by atoms with van der Waals surface area (Å²) in [7, 11) is 0. The van der Waals surface area contributed by atoms with Crippen LogP contribution in [0.15, 0.2) is 12.2 Å². The van der Waals surface area contributed by atoms with Crippen LogP contribution in [-0.2, 0) is 23.7 Å². The number of carbonyl (C=O) groups is 1. The van der Waals surface area contributed by atoms with E-state index in [1.165, 1.54) is 64.2 Å². The molecule has 9 nitrogen and oxygen atoms in total. The maximum atomic E-state index is 12.0. The Labute approximate surface area is 229 Å². The van der Waals surface area contributed by atoms with Gasteiger partial charge in [-0.1, -0.05) is 70.9 Å². The van der Waals surface area contributed by atoms with Crippen molar-refractivity contribution in [2.24, 2.45) is 0 Å². The Hall–Kier alpha value is -1.07. The van der Waals surface area contributed by atoms with Gasteiger partial charge < -0.3 is 39.4 Å². The molecule has 0 spiro atoms. The number of aliphatic hydroxyl groups is 4. The van der Waals surface area contributed by atoms with Gasteiger partial charge in [-0.25, -0.2) is 0 Å². The van der Waals surface area contributed by atoms with Gasteiger partial charge in [-0.05, 0) is 38.5 Å². The van der Waals surface area contributed by atoms with Crippen LogP contribution < -0.4 is 0 Å². The highest BCUT2D eigenvalue weighted by Gasteiger charge is 2.44. The molecule has 1 heterocycles. The summed E-state index contributed by atoms with van der Waals surface area (Å²) in [5, 5.41) is 39.3. The van der Waals surface area contributed by atoms with Crippen molar-refractivity contribution in [1.82, 2.24) is 0 Å². The van der Waals surface area contributed by atoms with Crippen molar-refractivity contribution in [2.75, 3.05) is 26.4 Å². The van der Waals surface area contributed by atoms with Gasteiger partial charge in [0.25, 0.3) is 0 Å². The Bertz CT molecular complexity index is 599. The zero-order valence-corrected chi connectivity index (χ0v) is 23.7. The minimum Gasteiger partial charge on any atom is -0.457 e. The summed E-state index contributed by atoms with van der Waals surface area (Å²) in [5.74, 6) is -0.371. The van der Waals surface area contributed by atoms with Crippen molar-refractivity contribution < 1.29 is 44.2 Å². The molecule has 6 atom stereocenters. The second-order valence-electron chi connectivity index (χ2n) is 10.2. The van der Waals surface area contributed by atoms with Gasteiger partial charge in [0.15, 0.2) is 6.29 Å². The molecule has 0 radical (unpaired) electrons. The van der Waals surface area contributed by atoms with Gasteiger partial charge in [0, 0.05) is 13.0 Å². The fourth-order valence-corrected chi connectivity index (χ4v) is 4.29. The highest BCUT2D eigenvalue weighted by Crippen LogP contribution is 2.22. The molecule has 1 rings (SSSR count). The maximum Gasteiger partial charge on any atom is 0.306 e. The monoisotopic (exact) mass is 546 g/mol. The van der Waals surface area contributed by atoms with E-state index in [0.29, 0.717) is 13.0 Å². The standard InChI is InChI=1S/C29H54O9/c1-3-5-6-7-8-9-10-11-12-13-14-15-16-17-19-35-21-23(37-25(31)18-4-2)22-36-29-28(34)27(33)26(32)24(20-30)38-29/h9-10,23-24,26-30,32-34H,3-8,11-22H2,1-2H3/b10-9-. The van der Waals surface area contributed by atoms with Crippen LogP contribution in [0.25, 0.3) is 0 Å². The third-order valence-electron chi connectivity index (χ3n) is 6.65. The lowest BCUT2D eigenvalue weighted by Gasteiger charge is -2.39. The molecule has 1 fully saturated rings. The number of hydrogen-bond donors (Lipinski definition) is 4. The van der Waals surface area contributed by atoms with Crippen LogP contribution in [0.4, 0.5) is 0 Å². The molecule has 0 aromatic carbocycles. The minimum atomic E-state index is -1.53. The first-order valence-electron chi connectivity index (χ1n) is 14.8. The summed E-state index contributed by atoms with van der Waals surface area (Å²) in [6, 6.07) is 0. The molecule has 0 aromatic rings. The number of allylic oxidation sites excluding steroid dienone is 2. The highest BCUT2D eigenvalue weighted by molar-refractivity contribution is 5.69. The third-order valence-corrected chi connectivity index (χ3v) is 6.65. The van der Waals surface area contributed by atoms with Gasteiger partial charge in [-0.2, -0.15) is 0 Å². The molecule has 0 aromatic heterocycles. The van der Waals surface area contributed by atoms with Crippen LogP contribution in [0.1, 0.15) is 104 Å². The van der Waals surface area contributed by atoms with E-state index in [2.05, 4.69) is 19.1 Å². The predicted octanol–water partition coefficient (Wildman–Crippen LogP) is 3.79. The van der Waals surface area contributed by atoms with Gasteiger partial charge >= 0.3 is 5.97 Å². The Morgan fingerprint density at radius 1 is 0.816 bits per heavy atom. The smallest absolute Gasteiger partial charge is 0.306 e. The zero-order chi connectivity index (χ0) is 28.0. The van der Waals surface area contributed by atoms with E-state index in [1.807, 2.05) is 6.92 Å². The number of aliphatic hydroxyl groups excluding tert-OH is 4. The van der Waals surface area contributed by atoms with E-state index in [0.717, 1.165) is 12.8 Å². The molecule has 224 valence electrons. The number of hydrogen-bond acceptors (Lipinski definition) is 9. The predicted molar refractivity (Wildman–Crippen MR) is 146 cm³/mol. The van der Waals surface area contributed by atoms with Crippen molar-refractivity contribution in [3.63, 3.8) is 0 Å². The van der Waals surface area contributed by atoms with E-state index >= 15 is 0 Å². The molecular formula is C29H54O9. The third kappa shape index (κ3) is 15.5. The summed E-state index contributed by atoms with van der Waals surface area (Å²) in [4.78, 5) is 12.0. The summed E-state index contributed by atoms with van der Waals surface area (Å²) < 4.78 is 22.1. The van der Waals surface area contributed by atoms with E-state index in [9.17, 15) is 25.2 Å². The van der Waals surface area contributed by atoms with Crippen molar-refractivity contribution in [1.29, 1.82) is 0 Å². The van der Waals surface area contributed by atoms with Crippen LogP contribution in [0.5, 0.6) is 0 Å². The quantitative estimate of drug-likeness (QED) is 0.0857. The molecular weight excluding hydrogens is 492 g/mol. The molecule has 0 saturated carbocycles. The summed E-state index contributed by atoms with van der Waals surface area (Å²) >= 11 is 0. The molecule has 1 saturated heterocycles. The van der Waals surface area contributed by atoms with Crippen LogP contribution in [0.3, 0.4) is 0 Å². The van der Waals surface area contributed by atoms with Gasteiger partial charge in [0.05, 0.1) is 19.8 Å². The second kappa shape index (κ2) is 22.7. The molecule has 1 aliphatic heterocycles. The van der Waals surface area contributed by atoms with Crippen molar-refractivity contribution in [3.05, 3.63) is 12.2 Å². The lowest BCUT2D eigenvalue weighted by molar-refractivity contribution is -0.305. The van der Waals surface area contributed by atoms with Crippen molar-refractivity contribution in [3.8, 4) is 0 Å². The second-order valence-corrected chi connectivity index (χ2v) is 10.2. The Kier molecular flexibility index (Phi) is 20.9. The largest absolute Gasteiger partial charge is 0.457 e. The SMILES string of the molecule is CCCCCC/C=C\CCCCCCCCOCC(COC1OC(CO)C(O)C(O)C1O)OC(=O)CCC. The number of ether oxygens (including phenoxy) is 4. The Morgan fingerprint density at radius 3 is 2.08 bits per heavy atom. The normalized spacial score (nSPS) is 24.6. The van der Waals surface area contributed by atoms with E-state index in [1.54, 1.807) is 0 Å². The van der Waals surface area contributed by atoms with Crippen LogP contribution in [-0.4, -0.2) is 89.6 Å². The Morgan fingerprint density at radius 2 is 1.45 bits per heavy atom. The van der Waals surface area contributed by atoms with E-state index in [4.69, 9.17) is 18.9 Å². The average Bonchev–Trinajstić information content (AvgIpc) is 2.91. The first kappa shape index (κ1) is 35.0. The molecule has 0 aliphatic carbocycles. The van der Waals surface area contributed by atoms with E-state index < -0.39 is 43.4 Å². The van der Waals surface area contributed by atoms with E-state index in [-0.39, 0.29) is 25.6 Å². The van der Waals surface area contributed by atoms with Gasteiger partial charge in [0.2, 0.25) is 0 Å². The fourth-order valence-electron chi connectivity index (χ4n) is 4.29. The number of carbonyl (C=O) groups excluding carboxylic acids is 1. The van der Waals surface area contributed by atoms with Crippen LogP contribution in [0.2, 0.25) is 0 Å². The van der Waals surface area contributed by atoms with Crippen molar-refractivity contribution in [2.45, 2.75) is 141 Å². The van der Waals surface area contributed by atoms with Crippen LogP contribution >= 0.6 is 0 Å². The molecule has 0 bridgehead atoms. The summed E-state index contributed by atoms with van der Waals surface area (Å²) in [6.07, 6.45) is 12.5. The average molecular weight is 547 g/mol. The van der Waals surface area contributed by atoms with Crippen LogP contribution in [0, 0.1) is 0 Å². The number of rotatable bonds is 23. The zero-order valence-electron chi connectivity index (χ0n) is 23.7. The lowest BCUT2D eigenvalue weighted by Crippen LogP contribution is -2.59. The first-order chi connectivity index (χ1) is 18.4. The molecule has 9 heteroatoms. The molecule has 6 unspecified atom stereocenters.